The van der Waals surface area contributed by atoms with Gasteiger partial charge in [-0.05, 0) is 33.1 Å². The fraction of sp³-hybridized carbons (Fsp3) is 0.692. The normalized spacial score (nSPS) is 23.8. The van der Waals surface area contributed by atoms with Gasteiger partial charge in [0.2, 0.25) is 0 Å². The van der Waals surface area contributed by atoms with Crippen LogP contribution in [0.3, 0.4) is 0 Å². The van der Waals surface area contributed by atoms with E-state index in [0.717, 1.165) is 0 Å². The van der Waals surface area contributed by atoms with E-state index in [9.17, 15) is 9.59 Å². The number of allylic oxidation sites excluding steroid dienone is 1. The number of carboxylic acid groups (broad SMARTS) is 1. The molecule has 1 aliphatic heterocycles. The first-order chi connectivity index (χ1) is 8.24. The number of likely N-dealkylation sites (tertiary alicyclic amines) is 1. The highest BCUT2D eigenvalue weighted by Crippen LogP contribution is 2.28. The lowest BCUT2D eigenvalue weighted by molar-refractivity contribution is -0.142. The van der Waals surface area contributed by atoms with Crippen LogP contribution < -0.4 is 0 Å². The minimum absolute atomic E-state index is 0.0764. The van der Waals surface area contributed by atoms with Crippen molar-refractivity contribution in [3.63, 3.8) is 0 Å². The summed E-state index contributed by atoms with van der Waals surface area (Å²) in [6.07, 6.45) is 1.84. The number of carbonyl (C=O) groups is 2. The third kappa shape index (κ3) is 3.75. The van der Waals surface area contributed by atoms with E-state index < -0.39 is 23.6 Å². The van der Waals surface area contributed by atoms with Gasteiger partial charge in [0.15, 0.2) is 0 Å². The van der Waals surface area contributed by atoms with Crippen molar-refractivity contribution in [2.24, 2.45) is 11.8 Å². The lowest BCUT2D eigenvalue weighted by atomic mass is 9.93. The second-order valence-electron chi connectivity index (χ2n) is 5.61. The molecule has 5 nitrogen and oxygen atoms in total. The molecule has 0 aromatic rings. The molecule has 102 valence electrons. The van der Waals surface area contributed by atoms with Gasteiger partial charge in [0.25, 0.3) is 0 Å². The highest BCUT2D eigenvalue weighted by molar-refractivity contribution is 5.74. The highest BCUT2D eigenvalue weighted by Gasteiger charge is 2.40. The molecular formula is C13H21NO4. The van der Waals surface area contributed by atoms with Crippen LogP contribution in [-0.4, -0.2) is 40.8 Å². The van der Waals surface area contributed by atoms with Crippen LogP contribution >= 0.6 is 0 Å². The van der Waals surface area contributed by atoms with Gasteiger partial charge in [0, 0.05) is 13.1 Å². The molecule has 0 aromatic heterocycles. The molecule has 1 aliphatic rings. The van der Waals surface area contributed by atoms with Gasteiger partial charge in [0.1, 0.15) is 5.60 Å². The first kappa shape index (κ1) is 14.5. The number of amides is 1. The van der Waals surface area contributed by atoms with Gasteiger partial charge in [-0.2, -0.15) is 0 Å². The van der Waals surface area contributed by atoms with Crippen molar-refractivity contribution in [3.8, 4) is 0 Å². The van der Waals surface area contributed by atoms with Crippen LogP contribution in [0.2, 0.25) is 0 Å². The van der Waals surface area contributed by atoms with Gasteiger partial charge < -0.3 is 14.7 Å². The summed E-state index contributed by atoms with van der Waals surface area (Å²) < 4.78 is 5.24. The summed E-state index contributed by atoms with van der Waals surface area (Å²) in [6, 6.07) is 0. The molecule has 1 rings (SSSR count). The number of ether oxygens (including phenoxy) is 1. The van der Waals surface area contributed by atoms with Crippen LogP contribution in [0.1, 0.15) is 27.2 Å². The number of aliphatic carboxylic acids is 1. The minimum Gasteiger partial charge on any atom is -0.481 e. The van der Waals surface area contributed by atoms with Gasteiger partial charge >= 0.3 is 12.1 Å². The smallest absolute Gasteiger partial charge is 0.410 e. The summed E-state index contributed by atoms with van der Waals surface area (Å²) in [5.41, 5.74) is -0.563. The molecule has 0 aromatic carbocycles. The molecule has 1 unspecified atom stereocenters. The third-order valence-electron chi connectivity index (χ3n) is 2.88. The number of carboxylic acids is 1. The number of carbonyl (C=O) groups excluding carboxylic acids is 1. The van der Waals surface area contributed by atoms with Crippen molar-refractivity contribution >= 4 is 12.1 Å². The predicted molar refractivity (Wildman–Crippen MR) is 67.2 cm³/mol. The van der Waals surface area contributed by atoms with Crippen molar-refractivity contribution in [1.29, 1.82) is 0 Å². The van der Waals surface area contributed by atoms with Crippen LogP contribution in [0.5, 0.6) is 0 Å². The van der Waals surface area contributed by atoms with E-state index in [-0.39, 0.29) is 12.5 Å². The third-order valence-corrected chi connectivity index (χ3v) is 2.88. The van der Waals surface area contributed by atoms with Crippen molar-refractivity contribution < 1.29 is 19.4 Å². The van der Waals surface area contributed by atoms with E-state index in [1.54, 1.807) is 26.8 Å². The number of hydrogen-bond acceptors (Lipinski definition) is 3. The average Bonchev–Trinajstić information content (AvgIpc) is 2.59. The van der Waals surface area contributed by atoms with Gasteiger partial charge in [-0.1, -0.05) is 6.08 Å². The molecule has 0 bridgehead atoms. The molecule has 0 saturated carbocycles. The quantitative estimate of drug-likeness (QED) is 0.784. The summed E-state index contributed by atoms with van der Waals surface area (Å²) >= 11 is 0. The maximum atomic E-state index is 11.9. The maximum Gasteiger partial charge on any atom is 0.410 e. The fourth-order valence-corrected chi connectivity index (χ4v) is 2.08. The molecule has 0 aliphatic carbocycles. The van der Waals surface area contributed by atoms with Crippen LogP contribution in [-0.2, 0) is 9.53 Å². The molecule has 0 radical (unpaired) electrons. The predicted octanol–water partition coefficient (Wildman–Crippen LogP) is 2.13. The van der Waals surface area contributed by atoms with Crippen molar-refractivity contribution in [2.45, 2.75) is 32.8 Å². The number of rotatable bonds is 3. The lowest BCUT2D eigenvalue weighted by Gasteiger charge is -2.24. The Balaban J connectivity index is 2.68. The van der Waals surface area contributed by atoms with E-state index in [4.69, 9.17) is 9.84 Å². The SMILES string of the molecule is C=CCC1CN(C(=O)OC(C)(C)C)C[C@H]1C(=O)O. The van der Waals surface area contributed by atoms with Crippen molar-refractivity contribution in [2.75, 3.05) is 13.1 Å². The topological polar surface area (TPSA) is 66.8 Å². The van der Waals surface area contributed by atoms with Gasteiger partial charge in [0.05, 0.1) is 5.92 Å². The fourth-order valence-electron chi connectivity index (χ4n) is 2.08. The second-order valence-corrected chi connectivity index (χ2v) is 5.61. The van der Waals surface area contributed by atoms with E-state index in [1.165, 1.54) is 4.90 Å². The largest absolute Gasteiger partial charge is 0.481 e. The minimum atomic E-state index is -0.868. The Labute approximate surface area is 107 Å². The number of hydrogen-bond donors (Lipinski definition) is 1. The van der Waals surface area contributed by atoms with E-state index in [1.807, 2.05) is 0 Å². The molecule has 2 atom stereocenters. The Kier molecular flexibility index (Phi) is 4.38. The Morgan fingerprint density at radius 3 is 2.50 bits per heavy atom. The zero-order valence-corrected chi connectivity index (χ0v) is 11.2. The number of nitrogens with zero attached hydrogens (tertiary/aromatic N) is 1. The average molecular weight is 255 g/mol. The Morgan fingerprint density at radius 2 is 2.06 bits per heavy atom. The van der Waals surface area contributed by atoms with Gasteiger partial charge in [-0.25, -0.2) is 4.79 Å². The zero-order valence-electron chi connectivity index (χ0n) is 11.2. The van der Waals surface area contributed by atoms with E-state index in [0.29, 0.717) is 13.0 Å². The summed E-state index contributed by atoms with van der Waals surface area (Å²) in [4.78, 5) is 24.5. The zero-order chi connectivity index (χ0) is 13.9. The molecular weight excluding hydrogens is 234 g/mol. The molecule has 1 N–H and O–H groups in total. The first-order valence-electron chi connectivity index (χ1n) is 6.06. The summed E-state index contributed by atoms with van der Waals surface area (Å²) in [6.45, 7) is 9.61. The highest BCUT2D eigenvalue weighted by atomic mass is 16.6. The molecule has 5 heteroatoms. The molecule has 0 spiro atoms. The van der Waals surface area contributed by atoms with E-state index in [2.05, 4.69) is 6.58 Å². The summed E-state index contributed by atoms with van der Waals surface area (Å²) in [7, 11) is 0. The van der Waals surface area contributed by atoms with Crippen molar-refractivity contribution in [1.82, 2.24) is 4.90 Å². The van der Waals surface area contributed by atoms with Gasteiger partial charge in [-0.15, -0.1) is 6.58 Å². The Morgan fingerprint density at radius 1 is 1.44 bits per heavy atom. The summed E-state index contributed by atoms with van der Waals surface area (Å²) in [5.74, 6) is -1.48. The lowest BCUT2D eigenvalue weighted by Crippen LogP contribution is -2.35. The first-order valence-corrected chi connectivity index (χ1v) is 6.06. The van der Waals surface area contributed by atoms with Crippen LogP contribution in [0, 0.1) is 11.8 Å². The molecule has 1 heterocycles. The summed E-state index contributed by atoms with van der Waals surface area (Å²) in [5, 5.41) is 9.13. The molecule has 1 amide bonds. The molecule has 1 fully saturated rings. The van der Waals surface area contributed by atoms with Crippen LogP contribution in [0.25, 0.3) is 0 Å². The van der Waals surface area contributed by atoms with Crippen LogP contribution in [0.15, 0.2) is 12.7 Å². The second kappa shape index (κ2) is 5.42. The molecule has 1 saturated heterocycles. The Bertz CT molecular complexity index is 345. The standard InChI is InChI=1S/C13H21NO4/c1-5-6-9-7-14(8-10(9)11(15)16)12(17)18-13(2,3)4/h5,9-10H,1,6-8H2,2-4H3,(H,15,16)/t9?,10-/m1/s1. The molecule has 18 heavy (non-hydrogen) atoms. The Hall–Kier alpha value is -1.52. The van der Waals surface area contributed by atoms with Gasteiger partial charge in [-0.3, -0.25) is 4.79 Å². The van der Waals surface area contributed by atoms with E-state index >= 15 is 0 Å². The maximum absolute atomic E-state index is 11.9. The van der Waals surface area contributed by atoms with Crippen LogP contribution in [0.4, 0.5) is 4.79 Å². The monoisotopic (exact) mass is 255 g/mol. The van der Waals surface area contributed by atoms with Crippen molar-refractivity contribution in [3.05, 3.63) is 12.7 Å².